The van der Waals surface area contributed by atoms with E-state index in [9.17, 15) is 0 Å². The van der Waals surface area contributed by atoms with Crippen LogP contribution in [0.2, 0.25) is 0 Å². The molecule has 234 valence electrons. The Labute approximate surface area is 287 Å². The van der Waals surface area contributed by atoms with Crippen LogP contribution in [0.4, 0.5) is 17.1 Å². The maximum absolute atomic E-state index is 6.37. The number of allylic oxidation sites excluding steroid dienone is 2. The molecule has 8 rings (SSSR count). The van der Waals surface area contributed by atoms with Crippen LogP contribution in [-0.2, 0) is 0 Å². The standard InChI is InChI=1S/C47H35NO/c1-3-4-25-40-33(2)49-46-30-37(28-29-42(40)46)47-43(35-17-8-5-9-18-35)31-39(32-44(47)36-19-10-6-11-20-36)48(38-23-12-7-13-24-38)45-27-16-22-34-21-14-15-26-41(34)45/h3-32H,1H2,2H3/b25-4-. The fourth-order valence-corrected chi connectivity index (χ4v) is 6.93. The number of rotatable bonds is 8. The summed E-state index contributed by atoms with van der Waals surface area (Å²) in [6, 6.07) is 58.6. The van der Waals surface area contributed by atoms with Crippen LogP contribution < -0.4 is 4.90 Å². The predicted molar refractivity (Wildman–Crippen MR) is 209 cm³/mol. The lowest BCUT2D eigenvalue weighted by atomic mass is 9.86. The van der Waals surface area contributed by atoms with Gasteiger partial charge in [0.1, 0.15) is 11.3 Å². The summed E-state index contributed by atoms with van der Waals surface area (Å²) in [6.07, 6.45) is 5.82. The monoisotopic (exact) mass is 629 g/mol. The summed E-state index contributed by atoms with van der Waals surface area (Å²) in [4.78, 5) is 2.39. The van der Waals surface area contributed by atoms with E-state index in [0.29, 0.717) is 0 Å². The third-order valence-electron chi connectivity index (χ3n) is 9.17. The molecule has 0 spiro atoms. The Balaban J connectivity index is 1.45. The van der Waals surface area contributed by atoms with Crippen molar-refractivity contribution in [3.8, 4) is 33.4 Å². The second kappa shape index (κ2) is 13.0. The van der Waals surface area contributed by atoms with Gasteiger partial charge in [0.05, 0.1) is 5.69 Å². The van der Waals surface area contributed by atoms with Crippen molar-refractivity contribution in [2.75, 3.05) is 4.90 Å². The Bertz CT molecular complexity index is 2390. The van der Waals surface area contributed by atoms with Crippen molar-refractivity contribution in [1.29, 1.82) is 0 Å². The summed E-state index contributed by atoms with van der Waals surface area (Å²) in [5.74, 6) is 0.890. The minimum absolute atomic E-state index is 0.863. The molecule has 0 bridgehead atoms. The molecule has 7 aromatic carbocycles. The highest BCUT2D eigenvalue weighted by atomic mass is 16.3. The molecule has 0 aliphatic heterocycles. The van der Waals surface area contributed by atoms with Crippen molar-refractivity contribution in [1.82, 2.24) is 0 Å². The van der Waals surface area contributed by atoms with Gasteiger partial charge in [0.25, 0.3) is 0 Å². The number of nitrogens with zero attached hydrogens (tertiary/aromatic N) is 1. The number of para-hydroxylation sites is 1. The smallest absolute Gasteiger partial charge is 0.135 e. The number of aryl methyl sites for hydroxylation is 1. The van der Waals surface area contributed by atoms with E-state index in [4.69, 9.17) is 4.42 Å². The number of anilines is 3. The van der Waals surface area contributed by atoms with Crippen LogP contribution in [0.3, 0.4) is 0 Å². The normalized spacial score (nSPS) is 11.4. The molecule has 0 radical (unpaired) electrons. The second-order valence-electron chi connectivity index (χ2n) is 12.2. The van der Waals surface area contributed by atoms with Crippen molar-refractivity contribution in [3.05, 3.63) is 194 Å². The van der Waals surface area contributed by atoms with Gasteiger partial charge in [-0.1, -0.05) is 146 Å². The predicted octanol–water partition coefficient (Wildman–Crippen LogP) is 13.6. The van der Waals surface area contributed by atoms with E-state index in [1.54, 1.807) is 6.08 Å². The third kappa shape index (κ3) is 5.64. The van der Waals surface area contributed by atoms with Crippen molar-refractivity contribution >= 4 is 44.9 Å². The van der Waals surface area contributed by atoms with Crippen LogP contribution in [0.25, 0.3) is 61.2 Å². The average Bonchev–Trinajstić information content (AvgIpc) is 3.48. The number of furan rings is 1. The van der Waals surface area contributed by atoms with E-state index < -0.39 is 0 Å². The van der Waals surface area contributed by atoms with E-state index in [1.807, 2.05) is 13.0 Å². The highest BCUT2D eigenvalue weighted by molar-refractivity contribution is 6.03. The summed E-state index contributed by atoms with van der Waals surface area (Å²) in [5.41, 5.74) is 12.1. The Morgan fingerprint density at radius 1 is 0.551 bits per heavy atom. The largest absolute Gasteiger partial charge is 0.461 e. The van der Waals surface area contributed by atoms with Gasteiger partial charge in [-0.15, -0.1) is 0 Å². The van der Waals surface area contributed by atoms with Crippen LogP contribution in [0.1, 0.15) is 11.3 Å². The quantitative estimate of drug-likeness (QED) is 0.156. The van der Waals surface area contributed by atoms with Crippen LogP contribution in [0.5, 0.6) is 0 Å². The zero-order chi connectivity index (χ0) is 33.2. The first-order valence-corrected chi connectivity index (χ1v) is 16.6. The molecule has 0 fully saturated rings. The molecule has 1 heterocycles. The van der Waals surface area contributed by atoms with Crippen molar-refractivity contribution < 1.29 is 4.42 Å². The van der Waals surface area contributed by atoms with E-state index >= 15 is 0 Å². The van der Waals surface area contributed by atoms with E-state index in [1.165, 1.54) is 10.8 Å². The minimum Gasteiger partial charge on any atom is -0.461 e. The molecule has 0 amide bonds. The Hall–Kier alpha value is -6.38. The topological polar surface area (TPSA) is 16.4 Å². The molecule has 0 atom stereocenters. The molecule has 0 saturated heterocycles. The van der Waals surface area contributed by atoms with E-state index in [0.717, 1.165) is 72.7 Å². The number of fused-ring (bicyclic) bond motifs is 2. The zero-order valence-corrected chi connectivity index (χ0v) is 27.4. The molecule has 0 N–H and O–H groups in total. The Morgan fingerprint density at radius 2 is 1.16 bits per heavy atom. The first kappa shape index (κ1) is 30.0. The maximum Gasteiger partial charge on any atom is 0.135 e. The van der Waals surface area contributed by atoms with Gasteiger partial charge < -0.3 is 9.32 Å². The maximum atomic E-state index is 6.37. The van der Waals surface area contributed by atoms with Gasteiger partial charge in [-0.3, -0.25) is 0 Å². The number of hydrogen-bond donors (Lipinski definition) is 0. The highest BCUT2D eigenvalue weighted by Gasteiger charge is 2.22. The summed E-state index contributed by atoms with van der Waals surface area (Å²) in [7, 11) is 0. The van der Waals surface area contributed by atoms with Gasteiger partial charge in [0.2, 0.25) is 0 Å². The number of hydrogen-bond acceptors (Lipinski definition) is 2. The fourth-order valence-electron chi connectivity index (χ4n) is 6.93. The lowest BCUT2D eigenvalue weighted by molar-refractivity contribution is 0.577. The van der Waals surface area contributed by atoms with Gasteiger partial charge in [0, 0.05) is 27.7 Å². The zero-order valence-electron chi connectivity index (χ0n) is 27.4. The fraction of sp³-hybridized carbons (Fsp3) is 0.0213. The molecule has 0 unspecified atom stereocenters. The van der Waals surface area contributed by atoms with Crippen molar-refractivity contribution in [2.45, 2.75) is 6.92 Å². The van der Waals surface area contributed by atoms with Gasteiger partial charge in [0.15, 0.2) is 0 Å². The molecule has 49 heavy (non-hydrogen) atoms. The molecule has 0 aliphatic rings. The molecule has 8 aromatic rings. The van der Waals surface area contributed by atoms with Gasteiger partial charge >= 0.3 is 0 Å². The molecule has 0 saturated carbocycles. The summed E-state index contributed by atoms with van der Waals surface area (Å²) in [6.45, 7) is 5.87. The molecule has 2 heteroatoms. The lowest BCUT2D eigenvalue weighted by Crippen LogP contribution is -2.11. The van der Waals surface area contributed by atoms with Gasteiger partial charge in [-0.25, -0.2) is 0 Å². The SMILES string of the molecule is C=C/C=C\c1c(C)oc2cc(-c3c(-c4ccccc4)cc(N(c4ccccc4)c4cccc5ccccc45)cc3-c3ccccc3)ccc12. The van der Waals surface area contributed by atoms with Crippen LogP contribution >= 0.6 is 0 Å². The molecule has 1 aromatic heterocycles. The van der Waals surface area contributed by atoms with Crippen LogP contribution in [-0.4, -0.2) is 0 Å². The summed E-state index contributed by atoms with van der Waals surface area (Å²) >= 11 is 0. The first-order valence-electron chi connectivity index (χ1n) is 16.6. The molecular weight excluding hydrogens is 595 g/mol. The number of benzene rings is 7. The Kier molecular flexibility index (Phi) is 7.97. The van der Waals surface area contributed by atoms with Crippen molar-refractivity contribution in [3.63, 3.8) is 0 Å². The van der Waals surface area contributed by atoms with E-state index in [-0.39, 0.29) is 0 Å². The first-order chi connectivity index (χ1) is 24.2. The third-order valence-corrected chi connectivity index (χ3v) is 9.17. The molecule has 2 nitrogen and oxygen atoms in total. The van der Waals surface area contributed by atoms with Crippen LogP contribution in [0.15, 0.2) is 187 Å². The molecule has 0 aliphatic carbocycles. The Morgan fingerprint density at radius 3 is 1.84 bits per heavy atom. The summed E-state index contributed by atoms with van der Waals surface area (Å²) in [5, 5.41) is 3.48. The lowest BCUT2D eigenvalue weighted by Gasteiger charge is -2.29. The van der Waals surface area contributed by atoms with E-state index in [2.05, 4.69) is 181 Å². The van der Waals surface area contributed by atoms with Crippen LogP contribution in [0, 0.1) is 6.92 Å². The van der Waals surface area contributed by atoms with Crippen molar-refractivity contribution in [2.24, 2.45) is 0 Å². The highest BCUT2D eigenvalue weighted by Crippen LogP contribution is 2.47. The average molecular weight is 630 g/mol. The second-order valence-corrected chi connectivity index (χ2v) is 12.2. The molecular formula is C47H35NO. The minimum atomic E-state index is 0.863. The van der Waals surface area contributed by atoms with Gasteiger partial charge in [-0.05, 0) is 88.2 Å². The summed E-state index contributed by atoms with van der Waals surface area (Å²) < 4.78 is 6.37. The van der Waals surface area contributed by atoms with Gasteiger partial charge in [-0.2, -0.15) is 0 Å².